The maximum absolute atomic E-state index is 11.4. The zero-order chi connectivity index (χ0) is 34.2. The molecule has 0 spiro atoms. The molecule has 10 N–H and O–H groups in total. The highest BCUT2D eigenvalue weighted by Crippen LogP contribution is 2.53. The summed E-state index contributed by atoms with van der Waals surface area (Å²) in [7, 11) is 0. The van der Waals surface area contributed by atoms with Gasteiger partial charge in [0.15, 0.2) is 46.7 Å². The van der Waals surface area contributed by atoms with Crippen LogP contribution in [0.4, 0.5) is 0 Å². The molecule has 6 rings (SSSR count). The van der Waals surface area contributed by atoms with Crippen molar-refractivity contribution in [3.05, 3.63) is 80.9 Å². The quantitative estimate of drug-likeness (QED) is 0.136. The molecular weight excluding hydrogens is 612 g/mol. The first-order chi connectivity index (χ1) is 22.1. The predicted octanol–water partition coefficient (Wildman–Crippen LogP) is 4.74. The molecule has 4 aromatic rings. The number of aliphatic hydroxyl groups excluding tert-OH is 2. The van der Waals surface area contributed by atoms with Crippen molar-refractivity contribution in [1.29, 1.82) is 0 Å². The van der Waals surface area contributed by atoms with Gasteiger partial charge in [-0.25, -0.2) is 0 Å². The minimum Gasteiger partial charge on any atom is -0.507 e. The van der Waals surface area contributed by atoms with Crippen LogP contribution in [-0.4, -0.2) is 63.3 Å². The lowest BCUT2D eigenvalue weighted by atomic mass is 9.81. The van der Waals surface area contributed by atoms with Gasteiger partial charge in [-0.2, -0.15) is 0 Å². The molecule has 0 aromatic heterocycles. The van der Waals surface area contributed by atoms with Crippen molar-refractivity contribution < 1.29 is 60.5 Å². The number of ether oxygens (including phenoxy) is 2. The van der Waals surface area contributed by atoms with Crippen molar-refractivity contribution in [2.75, 3.05) is 0 Å². The third kappa shape index (κ3) is 5.00. The van der Waals surface area contributed by atoms with Crippen LogP contribution in [0, 0.1) is 13.8 Å². The van der Waals surface area contributed by atoms with Gasteiger partial charge in [0.1, 0.15) is 35.2 Å². The van der Waals surface area contributed by atoms with Gasteiger partial charge in [-0.15, -0.1) is 0 Å². The second-order valence-corrected chi connectivity index (χ2v) is 12.5. The summed E-state index contributed by atoms with van der Waals surface area (Å²) in [6, 6.07) is 8.02. The Morgan fingerprint density at radius 2 is 0.830 bits per heavy atom. The number of phenolic OH excluding ortho intramolecular Hbond substituents is 8. The highest BCUT2D eigenvalue weighted by atomic mass is 16.5. The van der Waals surface area contributed by atoms with Crippen LogP contribution >= 0.6 is 0 Å². The topological polar surface area (TPSA) is 221 Å². The summed E-state index contributed by atoms with van der Waals surface area (Å²) in [6.07, 6.45) is -4.74. The Morgan fingerprint density at radius 1 is 0.511 bits per heavy atom. The van der Waals surface area contributed by atoms with Crippen molar-refractivity contribution in [1.82, 2.24) is 0 Å². The summed E-state index contributed by atoms with van der Waals surface area (Å²) < 4.78 is 12.6. The predicted molar refractivity (Wildman–Crippen MR) is 167 cm³/mol. The lowest BCUT2D eigenvalue weighted by molar-refractivity contribution is 0.00195. The average molecular weight is 649 g/mol. The highest BCUT2D eigenvalue weighted by molar-refractivity contribution is 5.64. The molecule has 0 aliphatic carbocycles. The molecule has 12 nitrogen and oxygen atoms in total. The number of hydrogen-bond donors (Lipinski definition) is 10. The van der Waals surface area contributed by atoms with Crippen molar-refractivity contribution in [2.24, 2.45) is 0 Å². The Morgan fingerprint density at radius 3 is 1.15 bits per heavy atom. The monoisotopic (exact) mass is 648 g/mol. The number of rotatable bonds is 4. The molecule has 0 saturated carbocycles. The standard InChI is InChI=1S/C35H36O12/c1-12-5-18-14(3)28(42)32(16-7-22(36)30(44)23(37)8-16)46-34(18)20(26(12)40)11-21-27(41)13(2)6-19-15(4)29(43)33(47-35(19)21)17-9-24(38)31(45)25(39)10-17/h5-10,14-15,28-29,32-33,36-45H,11H2,1-4H3. The van der Waals surface area contributed by atoms with Gasteiger partial charge < -0.3 is 60.5 Å². The Labute approximate surface area is 269 Å². The zero-order valence-corrected chi connectivity index (χ0v) is 25.9. The summed E-state index contributed by atoms with van der Waals surface area (Å²) in [5.41, 5.74) is 2.89. The van der Waals surface area contributed by atoms with E-state index in [1.807, 2.05) is 0 Å². The molecule has 6 atom stereocenters. The van der Waals surface area contributed by atoms with Gasteiger partial charge in [0.25, 0.3) is 0 Å². The first-order valence-electron chi connectivity index (χ1n) is 15.0. The van der Waals surface area contributed by atoms with Crippen LogP contribution in [0.25, 0.3) is 0 Å². The van der Waals surface area contributed by atoms with E-state index in [9.17, 15) is 51.1 Å². The van der Waals surface area contributed by atoms with Gasteiger partial charge in [0.2, 0.25) is 0 Å². The molecular formula is C35H36O12. The summed E-state index contributed by atoms with van der Waals surface area (Å²) in [5.74, 6) is -4.93. The second kappa shape index (κ2) is 11.2. The van der Waals surface area contributed by atoms with E-state index in [-0.39, 0.29) is 51.7 Å². The number of aryl methyl sites for hydroxylation is 2. The number of aliphatic hydroxyl groups is 2. The molecule has 0 bridgehead atoms. The molecule has 6 unspecified atom stereocenters. The third-order valence-corrected chi connectivity index (χ3v) is 9.45. The van der Waals surface area contributed by atoms with Gasteiger partial charge in [-0.05, 0) is 61.4 Å². The van der Waals surface area contributed by atoms with Crippen molar-refractivity contribution >= 4 is 0 Å². The molecule has 0 radical (unpaired) electrons. The summed E-state index contributed by atoms with van der Waals surface area (Å²) >= 11 is 0. The van der Waals surface area contributed by atoms with Gasteiger partial charge in [0, 0.05) is 51.6 Å². The molecule has 2 heterocycles. The number of aromatic hydroxyl groups is 8. The molecule has 248 valence electrons. The van der Waals surface area contributed by atoms with Gasteiger partial charge in [0.05, 0.1) is 0 Å². The maximum Gasteiger partial charge on any atom is 0.200 e. The van der Waals surface area contributed by atoms with E-state index in [1.165, 1.54) is 0 Å². The normalized spacial score (nSPS) is 23.4. The van der Waals surface area contributed by atoms with Crippen LogP contribution in [0.5, 0.6) is 57.5 Å². The van der Waals surface area contributed by atoms with E-state index in [4.69, 9.17) is 9.47 Å². The molecule has 0 amide bonds. The van der Waals surface area contributed by atoms with Crippen LogP contribution in [0.15, 0.2) is 36.4 Å². The zero-order valence-electron chi connectivity index (χ0n) is 25.9. The van der Waals surface area contributed by atoms with E-state index >= 15 is 0 Å². The maximum atomic E-state index is 11.4. The molecule has 0 saturated heterocycles. The van der Waals surface area contributed by atoms with Crippen LogP contribution < -0.4 is 9.47 Å². The van der Waals surface area contributed by atoms with Crippen LogP contribution in [0.3, 0.4) is 0 Å². The minimum atomic E-state index is -1.16. The fraction of sp³-hybridized carbons (Fsp3) is 0.314. The smallest absolute Gasteiger partial charge is 0.200 e. The third-order valence-electron chi connectivity index (χ3n) is 9.45. The van der Waals surface area contributed by atoms with Gasteiger partial charge in [-0.3, -0.25) is 0 Å². The lowest BCUT2D eigenvalue weighted by Crippen LogP contribution is -2.34. The Hall–Kier alpha value is -5.20. The SMILES string of the molecule is Cc1cc2c(c(Cc3c(O)c(C)cc4c3OC(c3cc(O)c(O)c(O)c3)C(O)C4C)c1O)OC(c1cc(O)c(O)c(O)c1)C(O)C2C. The second-order valence-electron chi connectivity index (χ2n) is 12.5. The first kappa shape index (κ1) is 31.8. The molecule has 0 fully saturated rings. The van der Waals surface area contributed by atoms with E-state index in [2.05, 4.69) is 0 Å². The Balaban J connectivity index is 1.49. The van der Waals surface area contributed by atoms with Crippen molar-refractivity contribution in [2.45, 2.75) is 70.4 Å². The van der Waals surface area contributed by atoms with Crippen molar-refractivity contribution in [3.8, 4) is 57.5 Å². The van der Waals surface area contributed by atoms with E-state index < -0.39 is 70.7 Å². The lowest BCUT2D eigenvalue weighted by Gasteiger charge is -2.38. The van der Waals surface area contributed by atoms with Gasteiger partial charge in [-0.1, -0.05) is 13.8 Å². The molecule has 2 aliphatic heterocycles. The largest absolute Gasteiger partial charge is 0.507 e. The van der Waals surface area contributed by atoms with E-state index in [0.717, 1.165) is 24.3 Å². The first-order valence-corrected chi connectivity index (χ1v) is 15.0. The van der Waals surface area contributed by atoms with Gasteiger partial charge >= 0.3 is 0 Å². The van der Waals surface area contributed by atoms with E-state index in [0.29, 0.717) is 22.3 Å². The molecule has 47 heavy (non-hydrogen) atoms. The molecule has 12 heteroatoms. The Bertz CT molecular complexity index is 1730. The minimum absolute atomic E-state index is 0.144. The van der Waals surface area contributed by atoms with E-state index in [1.54, 1.807) is 39.8 Å². The fourth-order valence-electron chi connectivity index (χ4n) is 6.63. The highest BCUT2D eigenvalue weighted by Gasteiger charge is 2.41. The summed E-state index contributed by atoms with van der Waals surface area (Å²) in [6.45, 7) is 6.87. The Kier molecular flexibility index (Phi) is 7.60. The number of hydrogen-bond acceptors (Lipinski definition) is 12. The average Bonchev–Trinajstić information content (AvgIpc) is 3.02. The van der Waals surface area contributed by atoms with Crippen molar-refractivity contribution in [3.63, 3.8) is 0 Å². The molecule has 2 aliphatic rings. The van der Waals surface area contributed by atoms with Crippen LogP contribution in [0.2, 0.25) is 0 Å². The van der Waals surface area contributed by atoms with Crippen LogP contribution in [0.1, 0.15) is 82.4 Å². The summed E-state index contributed by atoms with van der Waals surface area (Å²) in [5, 5.41) is 106. The number of benzene rings is 4. The summed E-state index contributed by atoms with van der Waals surface area (Å²) in [4.78, 5) is 0. The number of fused-ring (bicyclic) bond motifs is 2. The fourth-order valence-corrected chi connectivity index (χ4v) is 6.63. The molecule has 4 aromatic carbocycles. The van der Waals surface area contributed by atoms with Crippen LogP contribution in [-0.2, 0) is 6.42 Å². The number of phenols is 8.